The van der Waals surface area contributed by atoms with Gasteiger partial charge < -0.3 is 15.3 Å². The van der Waals surface area contributed by atoms with Crippen molar-refractivity contribution in [3.63, 3.8) is 0 Å². The lowest BCUT2D eigenvalue weighted by molar-refractivity contribution is -0.121. The van der Waals surface area contributed by atoms with E-state index in [1.54, 1.807) is 13.1 Å². The highest BCUT2D eigenvalue weighted by Crippen LogP contribution is 2.24. The Morgan fingerprint density at radius 3 is 2.65 bits per heavy atom. The smallest absolute Gasteiger partial charge is 0.323 e. The summed E-state index contributed by atoms with van der Waals surface area (Å²) in [5, 5.41) is 2.62. The van der Waals surface area contributed by atoms with E-state index in [0.717, 1.165) is 12.8 Å². The van der Waals surface area contributed by atoms with Crippen LogP contribution in [0.3, 0.4) is 0 Å². The molecule has 1 amide bonds. The van der Waals surface area contributed by atoms with Crippen molar-refractivity contribution in [3.05, 3.63) is 28.7 Å². The number of rotatable bonds is 6. The van der Waals surface area contributed by atoms with E-state index in [2.05, 4.69) is 24.9 Å². The van der Waals surface area contributed by atoms with Crippen LogP contribution in [0.5, 0.6) is 0 Å². The first-order valence-electron chi connectivity index (χ1n) is 8.44. The molecule has 9 nitrogen and oxygen atoms in total. The average Bonchev–Trinajstić information content (AvgIpc) is 3.14. The van der Waals surface area contributed by atoms with Gasteiger partial charge in [0.15, 0.2) is 0 Å². The second kappa shape index (κ2) is 7.22. The molecule has 142 valence electrons. The summed E-state index contributed by atoms with van der Waals surface area (Å²) in [6, 6.07) is 4.60. The van der Waals surface area contributed by atoms with E-state index in [1.165, 1.54) is 12.1 Å². The Bertz CT molecular complexity index is 964. The van der Waals surface area contributed by atoms with Crippen molar-refractivity contribution < 1.29 is 13.2 Å². The first kappa shape index (κ1) is 18.6. The number of fused-ring (bicyclic) bond motifs is 1. The lowest BCUT2D eigenvalue weighted by Gasteiger charge is -2.25. The fourth-order valence-electron chi connectivity index (χ4n) is 3.37. The van der Waals surface area contributed by atoms with Gasteiger partial charge in [-0.25, -0.2) is 17.9 Å². The van der Waals surface area contributed by atoms with Crippen molar-refractivity contribution in [2.75, 3.05) is 20.6 Å². The van der Waals surface area contributed by atoms with Crippen molar-refractivity contribution in [2.24, 2.45) is 0 Å². The molecule has 1 aliphatic heterocycles. The molecule has 4 N–H and O–H groups in total. The molecule has 2 heterocycles. The van der Waals surface area contributed by atoms with Crippen LogP contribution in [-0.2, 0) is 14.8 Å². The number of amides is 1. The Balaban J connectivity index is 1.66. The van der Waals surface area contributed by atoms with Gasteiger partial charge in [0.2, 0.25) is 15.9 Å². The SMILES string of the molecule is CNC(=O)C[C@H]1CC[C@@H](CNS(=O)(=O)c2ccc3[nH]c(=O)[nH]c3c2)N1C. The number of H-pyrrole nitrogens is 2. The third kappa shape index (κ3) is 3.81. The lowest BCUT2D eigenvalue weighted by Crippen LogP contribution is -2.42. The Morgan fingerprint density at radius 2 is 1.92 bits per heavy atom. The summed E-state index contributed by atoms with van der Waals surface area (Å²) < 4.78 is 27.7. The molecular weight excluding hydrogens is 358 g/mol. The zero-order valence-corrected chi connectivity index (χ0v) is 15.5. The summed E-state index contributed by atoms with van der Waals surface area (Å²) in [5.41, 5.74) is 0.625. The maximum Gasteiger partial charge on any atom is 0.323 e. The molecule has 0 radical (unpaired) electrons. The molecule has 1 aromatic carbocycles. The van der Waals surface area contributed by atoms with Crippen LogP contribution in [0.15, 0.2) is 27.9 Å². The van der Waals surface area contributed by atoms with Crippen LogP contribution in [-0.4, -0.2) is 61.9 Å². The van der Waals surface area contributed by atoms with Crippen LogP contribution in [0.1, 0.15) is 19.3 Å². The number of sulfonamides is 1. The van der Waals surface area contributed by atoms with E-state index in [1.807, 2.05) is 7.05 Å². The summed E-state index contributed by atoms with van der Waals surface area (Å²) in [7, 11) is -0.169. The number of aromatic nitrogens is 2. The molecular formula is C16H23N5O4S. The quantitative estimate of drug-likeness (QED) is 0.548. The second-order valence-corrected chi connectivity index (χ2v) is 8.33. The monoisotopic (exact) mass is 381 g/mol. The largest absolute Gasteiger partial charge is 0.359 e. The Kier molecular flexibility index (Phi) is 5.17. The zero-order chi connectivity index (χ0) is 18.9. The highest BCUT2D eigenvalue weighted by molar-refractivity contribution is 7.89. The van der Waals surface area contributed by atoms with Gasteiger partial charge in [0.25, 0.3) is 0 Å². The number of carbonyl (C=O) groups is 1. The van der Waals surface area contributed by atoms with Crippen molar-refractivity contribution in [2.45, 2.75) is 36.2 Å². The number of nitrogens with one attached hydrogen (secondary N) is 4. The minimum absolute atomic E-state index is 0.0168. The van der Waals surface area contributed by atoms with Gasteiger partial charge in [-0.1, -0.05) is 0 Å². The highest BCUT2D eigenvalue weighted by atomic mass is 32.2. The van der Waals surface area contributed by atoms with Crippen molar-refractivity contribution >= 4 is 27.0 Å². The number of carbonyl (C=O) groups excluding carboxylic acids is 1. The summed E-state index contributed by atoms with van der Waals surface area (Å²) in [4.78, 5) is 30.2. The van der Waals surface area contributed by atoms with Gasteiger partial charge in [-0.3, -0.25) is 9.69 Å². The number of hydrogen-bond donors (Lipinski definition) is 4. The fraction of sp³-hybridized carbons (Fsp3) is 0.500. The summed E-state index contributed by atoms with van der Waals surface area (Å²) >= 11 is 0. The molecule has 2 atom stereocenters. The van der Waals surface area contributed by atoms with Gasteiger partial charge in [0.1, 0.15) is 0 Å². The van der Waals surface area contributed by atoms with E-state index in [9.17, 15) is 18.0 Å². The number of likely N-dealkylation sites (N-methyl/N-ethyl adjacent to an activating group) is 1. The van der Waals surface area contributed by atoms with Crippen LogP contribution in [0, 0.1) is 0 Å². The number of nitrogens with zero attached hydrogens (tertiary/aromatic N) is 1. The van der Waals surface area contributed by atoms with Crippen LogP contribution in [0.2, 0.25) is 0 Å². The zero-order valence-electron chi connectivity index (χ0n) is 14.7. The molecule has 3 rings (SSSR count). The third-order valence-electron chi connectivity index (χ3n) is 4.99. The molecule has 0 bridgehead atoms. The van der Waals surface area contributed by atoms with E-state index in [0.29, 0.717) is 17.5 Å². The standard InChI is InChI=1S/C16H23N5O4S/c1-17-15(22)7-10-3-4-11(21(10)2)9-18-26(24,25)12-5-6-13-14(8-12)20-16(23)19-13/h5-6,8,10-11,18H,3-4,7,9H2,1-2H3,(H,17,22)(H2,19,20,23)/t10-,11+/m1/s1. The third-order valence-corrected chi connectivity index (χ3v) is 6.41. The lowest BCUT2D eigenvalue weighted by atomic mass is 10.1. The molecule has 1 aromatic heterocycles. The first-order valence-corrected chi connectivity index (χ1v) is 9.92. The molecule has 0 unspecified atom stereocenters. The van der Waals surface area contributed by atoms with Crippen molar-refractivity contribution in [1.82, 2.24) is 24.9 Å². The maximum atomic E-state index is 12.6. The Morgan fingerprint density at radius 1 is 1.23 bits per heavy atom. The first-order chi connectivity index (χ1) is 12.3. The fourth-order valence-corrected chi connectivity index (χ4v) is 4.47. The average molecular weight is 381 g/mol. The van der Waals surface area contributed by atoms with E-state index in [4.69, 9.17) is 0 Å². The summed E-state index contributed by atoms with van der Waals surface area (Å²) in [6.07, 6.45) is 2.09. The van der Waals surface area contributed by atoms with Gasteiger partial charge in [-0.2, -0.15) is 0 Å². The molecule has 1 saturated heterocycles. The van der Waals surface area contributed by atoms with Gasteiger partial charge >= 0.3 is 5.69 Å². The highest BCUT2D eigenvalue weighted by Gasteiger charge is 2.32. The van der Waals surface area contributed by atoms with Crippen LogP contribution < -0.4 is 15.7 Å². The number of hydrogen-bond acceptors (Lipinski definition) is 5. The van der Waals surface area contributed by atoms with Crippen LogP contribution in [0.4, 0.5) is 0 Å². The Labute approximate surface area is 151 Å². The second-order valence-electron chi connectivity index (χ2n) is 6.57. The van der Waals surface area contributed by atoms with Gasteiger partial charge in [-0.05, 0) is 38.1 Å². The number of likely N-dealkylation sites (tertiary alicyclic amines) is 1. The van der Waals surface area contributed by atoms with Gasteiger partial charge in [0.05, 0.1) is 15.9 Å². The van der Waals surface area contributed by atoms with Crippen LogP contribution >= 0.6 is 0 Å². The topological polar surface area (TPSA) is 127 Å². The molecule has 1 aliphatic rings. The predicted octanol–water partition coefficient (Wildman–Crippen LogP) is -0.267. The molecule has 26 heavy (non-hydrogen) atoms. The minimum Gasteiger partial charge on any atom is -0.359 e. The normalized spacial score (nSPS) is 21.3. The summed E-state index contributed by atoms with van der Waals surface area (Å²) in [5.74, 6) is -0.0168. The van der Waals surface area contributed by atoms with E-state index in [-0.39, 0.29) is 35.1 Å². The molecule has 2 aromatic rings. The van der Waals surface area contributed by atoms with Gasteiger partial charge in [-0.15, -0.1) is 0 Å². The molecule has 0 spiro atoms. The molecule has 0 saturated carbocycles. The van der Waals surface area contributed by atoms with E-state index >= 15 is 0 Å². The number of imidazole rings is 1. The predicted molar refractivity (Wildman–Crippen MR) is 97.4 cm³/mol. The van der Waals surface area contributed by atoms with Gasteiger partial charge in [0, 0.05) is 32.1 Å². The summed E-state index contributed by atoms with van der Waals surface area (Å²) in [6.45, 7) is 0.269. The minimum atomic E-state index is -3.69. The number of aromatic amines is 2. The Hall–Kier alpha value is -2.17. The van der Waals surface area contributed by atoms with Crippen molar-refractivity contribution in [3.8, 4) is 0 Å². The van der Waals surface area contributed by atoms with Crippen molar-refractivity contribution in [1.29, 1.82) is 0 Å². The molecule has 1 fully saturated rings. The number of benzene rings is 1. The van der Waals surface area contributed by atoms with Crippen LogP contribution in [0.25, 0.3) is 11.0 Å². The van der Waals surface area contributed by atoms with E-state index < -0.39 is 10.0 Å². The maximum absolute atomic E-state index is 12.6. The molecule has 0 aliphatic carbocycles. The molecule has 10 heteroatoms.